The number of halogens is 3. The number of benzene rings is 2. The zero-order valence-electron chi connectivity index (χ0n) is 16.9. The first-order valence-electron chi connectivity index (χ1n) is 9.59. The molecule has 0 radical (unpaired) electrons. The lowest BCUT2D eigenvalue weighted by atomic mass is 9.83. The quantitative estimate of drug-likeness (QED) is 0.654. The number of allylic oxidation sites excluding steroid dienone is 1. The van der Waals surface area contributed by atoms with Crippen LogP contribution in [0.2, 0.25) is 0 Å². The van der Waals surface area contributed by atoms with Gasteiger partial charge in [0.1, 0.15) is 17.5 Å². The molecule has 30 heavy (non-hydrogen) atoms. The lowest BCUT2D eigenvalue weighted by molar-refractivity contribution is -0.143. The number of ether oxygens (including phenoxy) is 1. The highest BCUT2D eigenvalue weighted by atomic mass is 19.1. The summed E-state index contributed by atoms with van der Waals surface area (Å²) in [5.74, 6) is -3.86. The van der Waals surface area contributed by atoms with Gasteiger partial charge < -0.3 is 9.64 Å². The average molecular weight is 417 g/mol. The van der Waals surface area contributed by atoms with Crippen molar-refractivity contribution in [1.82, 2.24) is 4.90 Å². The predicted octanol–water partition coefficient (Wildman–Crippen LogP) is 4.85. The fourth-order valence-electron chi connectivity index (χ4n) is 3.57. The van der Waals surface area contributed by atoms with E-state index < -0.39 is 35.4 Å². The van der Waals surface area contributed by atoms with E-state index in [1.54, 1.807) is 32.9 Å². The summed E-state index contributed by atoms with van der Waals surface area (Å²) in [6.07, 6.45) is -0.594. The standard InChI is InChI=1S/C23H22F3NO3/c1-13(2)30-23(29)22-14(3)27(12-15-4-6-16(24)7-5-15)21(28)11-19(22)18-9-8-17(25)10-20(18)26/h4-10,13,19H,11-12H2,1-3H3/t19-/m1/s1. The largest absolute Gasteiger partial charge is 0.460 e. The van der Waals surface area contributed by atoms with Crippen molar-refractivity contribution in [3.05, 3.63) is 82.3 Å². The topological polar surface area (TPSA) is 46.6 Å². The molecule has 0 spiro atoms. The van der Waals surface area contributed by atoms with E-state index in [0.29, 0.717) is 11.3 Å². The number of esters is 1. The van der Waals surface area contributed by atoms with Crippen LogP contribution in [0.4, 0.5) is 13.2 Å². The normalized spacial score (nSPS) is 17.0. The summed E-state index contributed by atoms with van der Waals surface area (Å²) in [6.45, 7) is 5.09. The SMILES string of the molecule is CC1=C(C(=O)OC(C)C)[C@@H](c2ccc(F)cc2F)CC(=O)N1Cc1ccc(F)cc1. The molecular weight excluding hydrogens is 395 g/mol. The Kier molecular flexibility index (Phi) is 6.29. The van der Waals surface area contributed by atoms with E-state index in [4.69, 9.17) is 4.74 Å². The summed E-state index contributed by atoms with van der Waals surface area (Å²) < 4.78 is 46.4. The van der Waals surface area contributed by atoms with Crippen LogP contribution in [0.3, 0.4) is 0 Å². The van der Waals surface area contributed by atoms with Crippen molar-refractivity contribution in [2.75, 3.05) is 0 Å². The van der Waals surface area contributed by atoms with E-state index >= 15 is 0 Å². The van der Waals surface area contributed by atoms with Gasteiger partial charge in [-0.2, -0.15) is 0 Å². The third-order valence-corrected chi connectivity index (χ3v) is 4.98. The smallest absolute Gasteiger partial charge is 0.336 e. The molecule has 1 aliphatic rings. The minimum Gasteiger partial charge on any atom is -0.460 e. The van der Waals surface area contributed by atoms with Crippen molar-refractivity contribution < 1.29 is 27.5 Å². The van der Waals surface area contributed by atoms with E-state index in [2.05, 4.69) is 0 Å². The molecule has 1 aliphatic heterocycles. The highest BCUT2D eigenvalue weighted by Crippen LogP contribution is 2.39. The van der Waals surface area contributed by atoms with Crippen LogP contribution in [-0.2, 0) is 20.9 Å². The van der Waals surface area contributed by atoms with Gasteiger partial charge >= 0.3 is 5.97 Å². The van der Waals surface area contributed by atoms with Crippen LogP contribution in [0.5, 0.6) is 0 Å². The second kappa shape index (κ2) is 8.73. The zero-order valence-corrected chi connectivity index (χ0v) is 16.9. The molecule has 0 saturated carbocycles. The van der Waals surface area contributed by atoms with E-state index in [0.717, 1.165) is 12.1 Å². The van der Waals surface area contributed by atoms with E-state index in [9.17, 15) is 22.8 Å². The van der Waals surface area contributed by atoms with Gasteiger partial charge in [0.05, 0.1) is 18.2 Å². The average Bonchev–Trinajstić information content (AvgIpc) is 2.65. The second-order valence-electron chi connectivity index (χ2n) is 7.48. The Hall–Kier alpha value is -3.09. The van der Waals surface area contributed by atoms with Crippen molar-refractivity contribution in [3.63, 3.8) is 0 Å². The summed E-state index contributed by atoms with van der Waals surface area (Å²) in [4.78, 5) is 27.2. The lowest BCUT2D eigenvalue weighted by Gasteiger charge is -2.35. The van der Waals surface area contributed by atoms with Crippen LogP contribution in [-0.4, -0.2) is 22.9 Å². The van der Waals surface area contributed by atoms with E-state index in [1.807, 2.05) is 0 Å². The molecule has 0 saturated heterocycles. The Bertz CT molecular complexity index is 999. The number of amides is 1. The molecular formula is C23H22F3NO3. The summed E-state index contributed by atoms with van der Waals surface area (Å²) in [7, 11) is 0. The highest BCUT2D eigenvalue weighted by Gasteiger charge is 2.38. The van der Waals surface area contributed by atoms with Gasteiger partial charge in [0, 0.05) is 24.1 Å². The van der Waals surface area contributed by atoms with Crippen molar-refractivity contribution >= 4 is 11.9 Å². The molecule has 2 aromatic carbocycles. The van der Waals surface area contributed by atoms with E-state index in [1.165, 1.54) is 23.1 Å². The molecule has 1 atom stereocenters. The predicted molar refractivity (Wildman–Crippen MR) is 105 cm³/mol. The number of rotatable bonds is 5. The zero-order chi connectivity index (χ0) is 22.0. The summed E-state index contributed by atoms with van der Waals surface area (Å²) in [5.41, 5.74) is 1.21. The number of hydrogen-bond donors (Lipinski definition) is 0. The molecule has 1 amide bonds. The fourth-order valence-corrected chi connectivity index (χ4v) is 3.57. The van der Waals surface area contributed by atoms with Gasteiger partial charge in [0.2, 0.25) is 5.91 Å². The van der Waals surface area contributed by atoms with Gasteiger partial charge in [0.25, 0.3) is 0 Å². The summed E-state index contributed by atoms with van der Waals surface area (Å²) in [5, 5.41) is 0. The monoisotopic (exact) mass is 417 g/mol. The van der Waals surface area contributed by atoms with Gasteiger partial charge in [-0.25, -0.2) is 18.0 Å². The molecule has 4 nitrogen and oxygen atoms in total. The van der Waals surface area contributed by atoms with Crippen LogP contribution in [0.1, 0.15) is 44.2 Å². The molecule has 0 aromatic heterocycles. The first-order valence-corrected chi connectivity index (χ1v) is 9.59. The number of hydrogen-bond acceptors (Lipinski definition) is 3. The van der Waals surface area contributed by atoms with Crippen molar-refractivity contribution in [2.45, 2.75) is 45.8 Å². The molecule has 0 fully saturated rings. The van der Waals surface area contributed by atoms with Crippen molar-refractivity contribution in [3.8, 4) is 0 Å². The maximum Gasteiger partial charge on any atom is 0.336 e. The number of carbonyl (C=O) groups excluding carboxylic acids is 2. The third-order valence-electron chi connectivity index (χ3n) is 4.98. The Morgan fingerprint density at radius 3 is 2.33 bits per heavy atom. The molecule has 7 heteroatoms. The molecule has 2 aromatic rings. The van der Waals surface area contributed by atoms with Gasteiger partial charge in [-0.05, 0) is 50.1 Å². The Morgan fingerprint density at radius 2 is 1.73 bits per heavy atom. The summed E-state index contributed by atoms with van der Waals surface area (Å²) >= 11 is 0. The molecule has 1 heterocycles. The molecule has 3 rings (SSSR count). The van der Waals surface area contributed by atoms with Gasteiger partial charge in [-0.1, -0.05) is 18.2 Å². The first-order chi connectivity index (χ1) is 14.2. The first kappa shape index (κ1) is 21.6. The molecule has 0 aliphatic carbocycles. The van der Waals surface area contributed by atoms with Crippen molar-refractivity contribution in [1.29, 1.82) is 0 Å². The minimum atomic E-state index is -0.895. The van der Waals surface area contributed by atoms with Gasteiger partial charge in [-0.15, -0.1) is 0 Å². The minimum absolute atomic E-state index is 0.0567. The maximum absolute atomic E-state index is 14.5. The van der Waals surface area contributed by atoms with E-state index in [-0.39, 0.29) is 30.0 Å². The molecule has 0 bridgehead atoms. The fraction of sp³-hybridized carbons (Fsp3) is 0.304. The Morgan fingerprint density at radius 1 is 1.10 bits per heavy atom. The number of nitrogens with zero attached hydrogens (tertiary/aromatic N) is 1. The van der Waals surface area contributed by atoms with Crippen molar-refractivity contribution in [2.24, 2.45) is 0 Å². The Labute approximate surface area is 173 Å². The second-order valence-corrected chi connectivity index (χ2v) is 7.48. The molecule has 0 unspecified atom stereocenters. The Balaban J connectivity index is 2.06. The number of carbonyl (C=O) groups is 2. The summed E-state index contributed by atoms with van der Waals surface area (Å²) in [6, 6.07) is 8.73. The van der Waals surface area contributed by atoms with Gasteiger partial charge in [0.15, 0.2) is 0 Å². The van der Waals surface area contributed by atoms with Crippen LogP contribution in [0.25, 0.3) is 0 Å². The molecule has 158 valence electrons. The van der Waals surface area contributed by atoms with Gasteiger partial charge in [-0.3, -0.25) is 4.79 Å². The highest BCUT2D eigenvalue weighted by molar-refractivity contribution is 5.96. The third kappa shape index (κ3) is 4.56. The van der Waals surface area contributed by atoms with Crippen LogP contribution in [0, 0.1) is 17.5 Å². The van der Waals surface area contributed by atoms with Crippen LogP contribution < -0.4 is 0 Å². The van der Waals surface area contributed by atoms with Crippen LogP contribution in [0.15, 0.2) is 53.7 Å². The lowest BCUT2D eigenvalue weighted by Crippen LogP contribution is -2.38. The molecule has 0 N–H and O–H groups in total. The maximum atomic E-state index is 14.5. The van der Waals surface area contributed by atoms with Crippen LogP contribution >= 0.6 is 0 Å².